The predicted molar refractivity (Wildman–Crippen MR) is 91.0 cm³/mol. The molecule has 0 rings (SSSR count). The minimum Gasteiger partial charge on any atom is -0.421 e. The van der Waals surface area contributed by atoms with Gasteiger partial charge in [0.1, 0.15) is 0 Å². The Morgan fingerprint density at radius 2 is 0.842 bits per heavy atom. The largest absolute Gasteiger partial charge is 0.421 e. The van der Waals surface area contributed by atoms with Gasteiger partial charge < -0.3 is 8.85 Å². The zero-order chi connectivity index (χ0) is 15.0. The monoisotopic (exact) mass is 304 g/mol. The van der Waals surface area contributed by atoms with E-state index in [0.29, 0.717) is 35.9 Å². The summed E-state index contributed by atoms with van der Waals surface area (Å²) in [4.78, 5) is 0. The van der Waals surface area contributed by atoms with E-state index in [1.54, 1.807) is 0 Å². The Balaban J connectivity index is 3.85. The molecule has 0 aromatic rings. The maximum Gasteiger partial charge on any atom is 0.161 e. The topological polar surface area (TPSA) is 18.5 Å². The van der Waals surface area contributed by atoms with Crippen LogP contribution >= 0.6 is 0 Å². The summed E-state index contributed by atoms with van der Waals surface area (Å²) in [7, 11) is -0.754. The van der Waals surface area contributed by atoms with Crippen molar-refractivity contribution in [2.45, 2.75) is 73.3 Å². The van der Waals surface area contributed by atoms with Crippen LogP contribution < -0.4 is 0 Å². The lowest BCUT2D eigenvalue weighted by atomic mass is 9.97. The molecule has 0 amide bonds. The quantitative estimate of drug-likeness (QED) is 0.456. The van der Waals surface area contributed by atoms with Gasteiger partial charge in [-0.15, -0.1) is 0 Å². The highest BCUT2D eigenvalue weighted by atomic mass is 28.3. The van der Waals surface area contributed by atoms with E-state index in [0.717, 1.165) is 0 Å². The van der Waals surface area contributed by atoms with Crippen molar-refractivity contribution >= 4 is 19.5 Å². The molecular weight excluding hydrogens is 268 g/mol. The van der Waals surface area contributed by atoms with E-state index in [-0.39, 0.29) is 19.5 Å². The molecule has 0 aromatic carbocycles. The van der Waals surface area contributed by atoms with Crippen molar-refractivity contribution in [1.29, 1.82) is 0 Å². The van der Waals surface area contributed by atoms with Crippen LogP contribution in [0.5, 0.6) is 0 Å². The molecule has 4 heteroatoms. The van der Waals surface area contributed by atoms with Gasteiger partial charge in [-0.3, -0.25) is 0 Å². The lowest BCUT2D eigenvalue weighted by molar-refractivity contribution is 0.105. The van der Waals surface area contributed by atoms with E-state index in [4.69, 9.17) is 8.85 Å². The summed E-state index contributed by atoms with van der Waals surface area (Å²) in [5.74, 6) is 2.53. The van der Waals surface area contributed by atoms with E-state index >= 15 is 0 Å². The second-order valence-corrected chi connectivity index (χ2v) is 11.3. The second-order valence-electron chi connectivity index (χ2n) is 7.00. The van der Waals surface area contributed by atoms with Crippen LogP contribution in [0.1, 0.15) is 55.4 Å². The number of hydrogen-bond acceptors (Lipinski definition) is 2. The maximum absolute atomic E-state index is 6.16. The van der Waals surface area contributed by atoms with Crippen molar-refractivity contribution < 1.29 is 8.85 Å². The van der Waals surface area contributed by atoms with Crippen molar-refractivity contribution in [2.75, 3.05) is 0 Å². The van der Waals surface area contributed by atoms with Crippen molar-refractivity contribution in [3.8, 4) is 0 Å². The van der Waals surface area contributed by atoms with Crippen molar-refractivity contribution in [3.63, 3.8) is 0 Å². The summed E-state index contributed by atoms with van der Waals surface area (Å²) in [6.07, 6.45) is 0.901. The molecule has 0 heterocycles. The fraction of sp³-hybridized carbons (Fsp3) is 1.00. The number of rotatable bonds is 10. The fourth-order valence-corrected chi connectivity index (χ4v) is 6.70. The lowest BCUT2D eigenvalue weighted by Crippen LogP contribution is -2.30. The fourth-order valence-electron chi connectivity index (χ4n) is 2.81. The van der Waals surface area contributed by atoms with Crippen molar-refractivity contribution in [3.05, 3.63) is 0 Å². The van der Waals surface area contributed by atoms with Gasteiger partial charge in [-0.25, -0.2) is 0 Å². The minimum absolute atomic E-state index is 0.377. The Morgan fingerprint density at radius 1 is 0.579 bits per heavy atom. The van der Waals surface area contributed by atoms with E-state index in [1.165, 1.54) is 5.67 Å². The standard InChI is InChI=1S/C15H36O2Si2/c1-10(2)14(11(3)4)16-18-9-19-17-15(12(5)6)13(7)8/h10-15H,9,18-19H2,1-8H3. The molecule has 0 N–H and O–H groups in total. The first-order valence-electron chi connectivity index (χ1n) is 8.00. The van der Waals surface area contributed by atoms with Gasteiger partial charge in [0.2, 0.25) is 0 Å². The highest BCUT2D eigenvalue weighted by Gasteiger charge is 2.19. The van der Waals surface area contributed by atoms with Crippen LogP contribution in [0.4, 0.5) is 0 Å². The molecule has 0 spiro atoms. The first kappa shape index (κ1) is 19.4. The molecule has 0 radical (unpaired) electrons. The molecule has 0 aliphatic carbocycles. The average molecular weight is 305 g/mol. The first-order chi connectivity index (χ1) is 8.77. The Labute approximate surface area is 125 Å². The van der Waals surface area contributed by atoms with Crippen LogP contribution in [0.2, 0.25) is 5.67 Å². The normalized spacial score (nSPS) is 14.2. The Hall–Kier alpha value is 0.354. The smallest absolute Gasteiger partial charge is 0.161 e. The zero-order valence-corrected chi connectivity index (χ0v) is 17.2. The first-order valence-corrected chi connectivity index (χ1v) is 11.2. The third-order valence-corrected chi connectivity index (χ3v) is 7.09. The van der Waals surface area contributed by atoms with Crippen LogP contribution in [-0.2, 0) is 8.85 Å². The molecule has 0 unspecified atom stereocenters. The number of hydrogen-bond donors (Lipinski definition) is 0. The van der Waals surface area contributed by atoms with E-state index < -0.39 is 0 Å². The van der Waals surface area contributed by atoms with E-state index in [1.807, 2.05) is 0 Å². The summed E-state index contributed by atoms with van der Waals surface area (Å²) < 4.78 is 12.3. The average Bonchev–Trinajstić information content (AvgIpc) is 2.25. The van der Waals surface area contributed by atoms with Crippen molar-refractivity contribution in [1.82, 2.24) is 0 Å². The molecule has 0 atom stereocenters. The van der Waals surface area contributed by atoms with Crippen LogP contribution in [0.3, 0.4) is 0 Å². The van der Waals surface area contributed by atoms with Gasteiger partial charge in [0, 0.05) is 12.2 Å². The Kier molecular flexibility index (Phi) is 10.3. The van der Waals surface area contributed by atoms with Gasteiger partial charge in [0.25, 0.3) is 0 Å². The summed E-state index contributed by atoms with van der Waals surface area (Å²) in [6.45, 7) is 18.1. The summed E-state index contributed by atoms with van der Waals surface area (Å²) in [5, 5.41) is 0. The maximum atomic E-state index is 6.16. The Bertz CT molecular complexity index is 180. The van der Waals surface area contributed by atoms with E-state index in [2.05, 4.69) is 55.4 Å². The summed E-state index contributed by atoms with van der Waals surface area (Å²) in [5.41, 5.74) is 1.27. The lowest BCUT2D eigenvalue weighted by Gasteiger charge is -2.27. The van der Waals surface area contributed by atoms with Gasteiger partial charge in [-0.2, -0.15) is 0 Å². The van der Waals surface area contributed by atoms with Crippen molar-refractivity contribution in [2.24, 2.45) is 23.7 Å². The van der Waals surface area contributed by atoms with Crippen LogP contribution in [0.25, 0.3) is 0 Å². The van der Waals surface area contributed by atoms with Gasteiger partial charge >= 0.3 is 0 Å². The van der Waals surface area contributed by atoms with Crippen LogP contribution in [0, 0.1) is 23.7 Å². The van der Waals surface area contributed by atoms with Gasteiger partial charge in [-0.1, -0.05) is 55.4 Å². The van der Waals surface area contributed by atoms with Gasteiger partial charge in [-0.05, 0) is 29.3 Å². The van der Waals surface area contributed by atoms with E-state index in [9.17, 15) is 0 Å². The highest BCUT2D eigenvalue weighted by molar-refractivity contribution is 6.48. The molecule has 0 saturated heterocycles. The zero-order valence-electron chi connectivity index (χ0n) is 14.4. The van der Waals surface area contributed by atoms with Crippen LogP contribution in [0.15, 0.2) is 0 Å². The third-order valence-electron chi connectivity index (χ3n) is 3.54. The molecule has 0 fully saturated rings. The molecule has 0 saturated carbocycles. The third kappa shape index (κ3) is 8.28. The SMILES string of the molecule is CC(C)C(O[SiH2]C[SiH2]OC(C(C)C)C(C)C)C(C)C. The summed E-state index contributed by atoms with van der Waals surface area (Å²) in [6, 6.07) is 0. The minimum atomic E-state index is -0.377. The molecule has 0 bridgehead atoms. The highest BCUT2D eigenvalue weighted by Crippen LogP contribution is 2.17. The van der Waals surface area contributed by atoms with Crippen LogP contribution in [-0.4, -0.2) is 31.7 Å². The second kappa shape index (κ2) is 10.1. The summed E-state index contributed by atoms with van der Waals surface area (Å²) >= 11 is 0. The molecule has 0 aliphatic heterocycles. The predicted octanol–water partition coefficient (Wildman–Crippen LogP) is 2.92. The molecule has 0 aromatic heterocycles. The molecular formula is C15H36O2Si2. The molecule has 116 valence electrons. The molecule has 19 heavy (non-hydrogen) atoms. The van der Waals surface area contributed by atoms with Gasteiger partial charge in [0.15, 0.2) is 19.5 Å². The molecule has 0 aliphatic rings. The Morgan fingerprint density at radius 3 is 1.05 bits per heavy atom. The molecule has 2 nitrogen and oxygen atoms in total. The van der Waals surface area contributed by atoms with Gasteiger partial charge in [0.05, 0.1) is 0 Å².